The maximum atomic E-state index is 12.4. The first-order valence-corrected chi connectivity index (χ1v) is 9.84. The number of nitrogens with zero attached hydrogens (tertiary/aromatic N) is 4. The van der Waals surface area contributed by atoms with E-state index >= 15 is 0 Å². The van der Waals surface area contributed by atoms with Gasteiger partial charge in [0.15, 0.2) is 0 Å². The molecule has 4 rings (SSSR count). The number of aromatic nitrogens is 3. The van der Waals surface area contributed by atoms with Gasteiger partial charge in [-0.2, -0.15) is 5.10 Å². The molecule has 128 valence electrons. The summed E-state index contributed by atoms with van der Waals surface area (Å²) in [5.74, 6) is 1.08. The van der Waals surface area contributed by atoms with E-state index in [4.69, 9.17) is 4.74 Å². The Bertz CT molecular complexity index is 751. The van der Waals surface area contributed by atoms with Crippen LogP contribution in [0.15, 0.2) is 17.8 Å². The second kappa shape index (κ2) is 6.16. The van der Waals surface area contributed by atoms with E-state index in [1.807, 2.05) is 30.6 Å². The van der Waals surface area contributed by atoms with Crippen LogP contribution in [0.4, 0.5) is 0 Å². The van der Waals surface area contributed by atoms with Crippen LogP contribution in [0, 0.1) is 6.92 Å². The van der Waals surface area contributed by atoms with Gasteiger partial charge in [-0.3, -0.25) is 9.48 Å². The average molecular weight is 364 g/mol. The number of amides is 1. The van der Waals surface area contributed by atoms with Gasteiger partial charge in [0, 0.05) is 37.5 Å². The van der Waals surface area contributed by atoms with Crippen molar-refractivity contribution in [3.63, 3.8) is 0 Å². The monoisotopic (exact) mass is 364 g/mol. The summed E-state index contributed by atoms with van der Waals surface area (Å²) < 4.78 is 7.87. The first-order valence-electron chi connectivity index (χ1n) is 7.97. The van der Waals surface area contributed by atoms with Crippen LogP contribution >= 0.6 is 23.1 Å². The number of thiazole rings is 1. The molecule has 2 aliphatic heterocycles. The lowest BCUT2D eigenvalue weighted by Gasteiger charge is -2.47. The van der Waals surface area contributed by atoms with Gasteiger partial charge in [0.05, 0.1) is 39.9 Å². The van der Waals surface area contributed by atoms with Crippen LogP contribution in [0.3, 0.4) is 0 Å². The third-order valence-electron chi connectivity index (χ3n) is 4.51. The van der Waals surface area contributed by atoms with Crippen molar-refractivity contribution in [3.05, 3.63) is 34.0 Å². The smallest absolute Gasteiger partial charge is 0.257 e. The Kier molecular flexibility index (Phi) is 4.14. The Hall–Kier alpha value is -1.38. The van der Waals surface area contributed by atoms with Crippen molar-refractivity contribution in [2.24, 2.45) is 7.05 Å². The first-order chi connectivity index (χ1) is 11.5. The zero-order chi connectivity index (χ0) is 16.7. The SMILES string of the molecule is Cc1nc(CO[C@@H]2CSC3(C2)CN(C(=O)c2cnn(C)c2)C3)cs1. The largest absolute Gasteiger partial charge is 0.371 e. The van der Waals surface area contributed by atoms with Gasteiger partial charge in [0.2, 0.25) is 0 Å². The van der Waals surface area contributed by atoms with Crippen LogP contribution in [0.5, 0.6) is 0 Å². The van der Waals surface area contributed by atoms with Crippen molar-refractivity contribution in [1.29, 1.82) is 0 Å². The van der Waals surface area contributed by atoms with Crippen molar-refractivity contribution in [2.75, 3.05) is 18.8 Å². The molecule has 2 saturated heterocycles. The Morgan fingerprint density at radius 1 is 1.50 bits per heavy atom. The Morgan fingerprint density at radius 2 is 2.33 bits per heavy atom. The van der Waals surface area contributed by atoms with Gasteiger partial charge in [-0.15, -0.1) is 23.1 Å². The van der Waals surface area contributed by atoms with Crippen LogP contribution in [0.25, 0.3) is 0 Å². The van der Waals surface area contributed by atoms with Gasteiger partial charge in [-0.1, -0.05) is 0 Å². The number of hydrogen-bond acceptors (Lipinski definition) is 6. The van der Waals surface area contributed by atoms with E-state index in [-0.39, 0.29) is 16.8 Å². The molecular weight excluding hydrogens is 344 g/mol. The molecule has 1 amide bonds. The molecular formula is C16H20N4O2S2. The normalized spacial score (nSPS) is 22.1. The first kappa shape index (κ1) is 16.1. The number of carbonyl (C=O) groups excluding carboxylic acids is 1. The Balaban J connectivity index is 1.27. The third-order valence-corrected chi connectivity index (χ3v) is 6.90. The topological polar surface area (TPSA) is 60.2 Å². The Labute approximate surface area is 149 Å². The summed E-state index contributed by atoms with van der Waals surface area (Å²) in [6, 6.07) is 0. The van der Waals surface area contributed by atoms with Gasteiger partial charge in [0.25, 0.3) is 5.91 Å². The zero-order valence-corrected chi connectivity index (χ0v) is 15.4. The number of carbonyl (C=O) groups is 1. The summed E-state index contributed by atoms with van der Waals surface area (Å²) in [6.45, 7) is 4.21. The van der Waals surface area contributed by atoms with Crippen molar-refractivity contribution in [3.8, 4) is 0 Å². The maximum Gasteiger partial charge on any atom is 0.257 e. The molecule has 2 aliphatic rings. The van der Waals surface area contributed by atoms with Gasteiger partial charge < -0.3 is 9.64 Å². The van der Waals surface area contributed by atoms with E-state index in [0.717, 1.165) is 36.0 Å². The maximum absolute atomic E-state index is 12.4. The fraction of sp³-hybridized carbons (Fsp3) is 0.562. The number of ether oxygens (including phenoxy) is 1. The van der Waals surface area contributed by atoms with Gasteiger partial charge in [-0.25, -0.2) is 4.98 Å². The number of thioether (sulfide) groups is 1. The summed E-state index contributed by atoms with van der Waals surface area (Å²) in [4.78, 5) is 18.8. The predicted octanol–water partition coefficient (Wildman–Crippen LogP) is 2.10. The lowest BCUT2D eigenvalue weighted by Crippen LogP contribution is -2.60. The molecule has 4 heterocycles. The highest BCUT2D eigenvalue weighted by atomic mass is 32.2. The molecule has 2 fully saturated rings. The molecule has 1 spiro atoms. The second-order valence-corrected chi connectivity index (χ2v) is 9.10. The molecule has 1 atom stereocenters. The predicted molar refractivity (Wildman–Crippen MR) is 94.3 cm³/mol. The molecule has 0 aliphatic carbocycles. The Morgan fingerprint density at radius 3 is 3.00 bits per heavy atom. The number of rotatable bonds is 4. The molecule has 2 aromatic heterocycles. The van der Waals surface area contributed by atoms with Crippen LogP contribution in [-0.2, 0) is 18.4 Å². The van der Waals surface area contributed by atoms with E-state index in [9.17, 15) is 4.79 Å². The van der Waals surface area contributed by atoms with Crippen LogP contribution in [-0.4, -0.2) is 55.3 Å². The second-order valence-electron chi connectivity index (χ2n) is 6.55. The summed E-state index contributed by atoms with van der Waals surface area (Å²) in [5.41, 5.74) is 1.69. The number of hydrogen-bond donors (Lipinski definition) is 0. The minimum atomic E-state index is 0.0802. The summed E-state index contributed by atoms with van der Waals surface area (Å²) >= 11 is 3.60. The van der Waals surface area contributed by atoms with E-state index in [1.165, 1.54) is 0 Å². The molecule has 2 aromatic rings. The highest BCUT2D eigenvalue weighted by Crippen LogP contribution is 2.46. The third kappa shape index (κ3) is 3.10. The summed E-state index contributed by atoms with van der Waals surface area (Å²) in [6.07, 6.45) is 4.68. The molecule has 0 N–H and O–H groups in total. The highest BCUT2D eigenvalue weighted by Gasteiger charge is 2.51. The number of aryl methyl sites for hydroxylation is 2. The fourth-order valence-corrected chi connectivity index (χ4v) is 5.46. The molecule has 0 radical (unpaired) electrons. The molecule has 0 unspecified atom stereocenters. The van der Waals surface area contributed by atoms with Crippen LogP contribution in [0.1, 0.15) is 27.5 Å². The van der Waals surface area contributed by atoms with Gasteiger partial charge in [0.1, 0.15) is 0 Å². The zero-order valence-electron chi connectivity index (χ0n) is 13.8. The lowest BCUT2D eigenvalue weighted by molar-refractivity contribution is 0.0246. The molecule has 6 nitrogen and oxygen atoms in total. The van der Waals surface area contributed by atoms with Crippen LogP contribution in [0.2, 0.25) is 0 Å². The minimum absolute atomic E-state index is 0.0802. The summed E-state index contributed by atoms with van der Waals surface area (Å²) in [5, 5.41) is 7.21. The van der Waals surface area contributed by atoms with E-state index in [2.05, 4.69) is 15.5 Å². The van der Waals surface area contributed by atoms with E-state index < -0.39 is 0 Å². The summed E-state index contributed by atoms with van der Waals surface area (Å²) in [7, 11) is 1.83. The molecule has 0 saturated carbocycles. The van der Waals surface area contributed by atoms with Gasteiger partial charge >= 0.3 is 0 Å². The van der Waals surface area contributed by atoms with E-state index in [1.54, 1.807) is 28.4 Å². The van der Waals surface area contributed by atoms with E-state index in [0.29, 0.717) is 12.2 Å². The minimum Gasteiger partial charge on any atom is -0.371 e. The average Bonchev–Trinajstić information content (AvgIpc) is 3.22. The number of likely N-dealkylation sites (tertiary alicyclic amines) is 1. The van der Waals surface area contributed by atoms with Crippen molar-refractivity contribution in [2.45, 2.75) is 30.8 Å². The highest BCUT2D eigenvalue weighted by molar-refractivity contribution is 8.01. The van der Waals surface area contributed by atoms with Crippen molar-refractivity contribution < 1.29 is 9.53 Å². The van der Waals surface area contributed by atoms with Crippen LogP contribution < -0.4 is 0 Å². The quantitative estimate of drug-likeness (QED) is 0.831. The fourth-order valence-electron chi connectivity index (χ4n) is 3.31. The van der Waals surface area contributed by atoms with Crippen molar-refractivity contribution >= 4 is 29.0 Å². The molecule has 24 heavy (non-hydrogen) atoms. The molecule has 8 heteroatoms. The molecule has 0 aromatic carbocycles. The lowest BCUT2D eigenvalue weighted by atomic mass is 9.92. The molecule has 0 bridgehead atoms. The standard InChI is InChI=1S/C16H20N4O2S2/c1-11-18-13(7-23-11)6-22-14-3-16(24-8-14)9-20(10-16)15(21)12-4-17-19(2)5-12/h4-5,7,14H,3,6,8-10H2,1-2H3/t14-/m0/s1. The van der Waals surface area contributed by atoms with Gasteiger partial charge in [-0.05, 0) is 13.3 Å². The van der Waals surface area contributed by atoms with Crippen molar-refractivity contribution in [1.82, 2.24) is 19.7 Å².